The molecule has 1 aromatic carbocycles. The number of benzene rings is 1. The summed E-state index contributed by atoms with van der Waals surface area (Å²) in [7, 11) is 7.69. The van der Waals surface area contributed by atoms with E-state index in [1.165, 1.54) is 5.56 Å². The highest BCUT2D eigenvalue weighted by Gasteiger charge is 1.98. The molecule has 2 heteroatoms. The molecule has 0 amide bonds. The van der Waals surface area contributed by atoms with Crippen molar-refractivity contribution < 1.29 is 0 Å². The molecule has 0 atom stereocenters. The van der Waals surface area contributed by atoms with Crippen molar-refractivity contribution >= 4 is 21.5 Å². The minimum absolute atomic E-state index is 0.967. The Morgan fingerprint density at radius 1 is 1.46 bits per heavy atom. The van der Waals surface area contributed by atoms with Gasteiger partial charge in [0.15, 0.2) is 0 Å². The van der Waals surface area contributed by atoms with E-state index in [2.05, 4.69) is 54.0 Å². The number of hydrogen-bond donors (Lipinski definition) is 0. The Bertz CT molecular complexity index is 305. The lowest BCUT2D eigenvalue weighted by molar-refractivity contribution is 0.402. The molecule has 1 rings (SSSR count). The van der Waals surface area contributed by atoms with Gasteiger partial charge in [0.25, 0.3) is 0 Å². The summed E-state index contributed by atoms with van der Waals surface area (Å²) in [6.07, 6.45) is 1.85. The zero-order valence-electron chi connectivity index (χ0n) is 8.17. The van der Waals surface area contributed by atoms with E-state index in [0.29, 0.717) is 0 Å². The second-order valence-electron chi connectivity index (χ2n) is 3.36. The molecule has 0 saturated heterocycles. The van der Waals surface area contributed by atoms with Crippen molar-refractivity contribution in [2.45, 2.75) is 6.54 Å². The Balaban J connectivity index is 2.89. The second-order valence-corrected chi connectivity index (χ2v) is 3.90. The minimum Gasteiger partial charge on any atom is -0.305 e. The third kappa shape index (κ3) is 2.83. The van der Waals surface area contributed by atoms with Crippen molar-refractivity contribution in [2.24, 2.45) is 0 Å². The van der Waals surface area contributed by atoms with Crippen LogP contribution in [0.2, 0.25) is 0 Å². The minimum atomic E-state index is 0.967. The molecule has 0 aromatic heterocycles. The largest absolute Gasteiger partial charge is 0.305 e. The molecule has 0 aliphatic rings. The number of nitrogens with zero attached hydrogens (tertiary/aromatic N) is 1. The highest BCUT2D eigenvalue weighted by atomic mass is 28.1. The molecule has 0 unspecified atom stereocenters. The van der Waals surface area contributed by atoms with Crippen LogP contribution in [0.1, 0.15) is 11.1 Å². The standard InChI is InChI=1S/C11H14NSi/c1-4-10-6-5-9(7-11(10)13)8-12(2)3/h4-7H,1,8H2,2-3H3. The first-order chi connectivity index (χ1) is 6.13. The summed E-state index contributed by atoms with van der Waals surface area (Å²) < 4.78 is 0. The lowest BCUT2D eigenvalue weighted by Gasteiger charge is -2.10. The van der Waals surface area contributed by atoms with E-state index in [-0.39, 0.29) is 0 Å². The lowest BCUT2D eigenvalue weighted by atomic mass is 10.1. The van der Waals surface area contributed by atoms with Crippen LogP contribution in [-0.2, 0) is 6.54 Å². The summed E-state index contributed by atoms with van der Waals surface area (Å²) in [6.45, 7) is 4.71. The first kappa shape index (κ1) is 10.2. The summed E-state index contributed by atoms with van der Waals surface area (Å²) >= 11 is 0. The van der Waals surface area contributed by atoms with Crippen LogP contribution < -0.4 is 5.19 Å². The van der Waals surface area contributed by atoms with Crippen LogP contribution in [0.3, 0.4) is 0 Å². The smallest absolute Gasteiger partial charge is 0.0720 e. The number of rotatable bonds is 3. The second kappa shape index (κ2) is 4.39. The SMILES string of the molecule is C=Cc1ccc(CN(C)C)cc1[Si]. The zero-order chi connectivity index (χ0) is 9.84. The highest BCUT2D eigenvalue weighted by Crippen LogP contribution is 2.04. The van der Waals surface area contributed by atoms with Gasteiger partial charge in [-0.05, 0) is 25.2 Å². The zero-order valence-corrected chi connectivity index (χ0v) is 9.17. The van der Waals surface area contributed by atoms with Gasteiger partial charge in [-0.3, -0.25) is 0 Å². The topological polar surface area (TPSA) is 3.24 Å². The first-order valence-electron chi connectivity index (χ1n) is 4.25. The molecule has 1 aromatic rings. The third-order valence-electron chi connectivity index (χ3n) is 1.84. The van der Waals surface area contributed by atoms with Gasteiger partial charge in [0.05, 0.1) is 10.2 Å². The van der Waals surface area contributed by atoms with Crippen molar-refractivity contribution in [2.75, 3.05) is 14.1 Å². The summed E-state index contributed by atoms with van der Waals surface area (Å²) in [5, 5.41) is 1.11. The van der Waals surface area contributed by atoms with Crippen LogP contribution in [0, 0.1) is 0 Å². The predicted octanol–water partition coefficient (Wildman–Crippen LogP) is 1.19. The van der Waals surface area contributed by atoms with Crippen LogP contribution >= 0.6 is 0 Å². The maximum atomic E-state index is 3.74. The van der Waals surface area contributed by atoms with Gasteiger partial charge in [0.1, 0.15) is 0 Å². The third-order valence-corrected chi connectivity index (χ3v) is 2.27. The van der Waals surface area contributed by atoms with Crippen molar-refractivity contribution in [3.05, 3.63) is 35.9 Å². The summed E-state index contributed by atoms with van der Waals surface area (Å²) in [5.41, 5.74) is 2.44. The molecule has 0 fully saturated rings. The maximum absolute atomic E-state index is 3.74. The molecule has 3 radical (unpaired) electrons. The summed E-state index contributed by atoms with van der Waals surface area (Å²) in [4.78, 5) is 2.15. The molecule has 0 saturated carbocycles. The van der Waals surface area contributed by atoms with E-state index in [9.17, 15) is 0 Å². The van der Waals surface area contributed by atoms with Gasteiger partial charge in [0.2, 0.25) is 0 Å². The molecule has 0 aliphatic carbocycles. The van der Waals surface area contributed by atoms with E-state index in [0.717, 1.165) is 17.3 Å². The van der Waals surface area contributed by atoms with Crippen LogP contribution in [0.15, 0.2) is 24.8 Å². The average molecular weight is 188 g/mol. The van der Waals surface area contributed by atoms with E-state index in [4.69, 9.17) is 0 Å². The van der Waals surface area contributed by atoms with Gasteiger partial charge in [0, 0.05) is 6.54 Å². The molecule has 0 heterocycles. The Labute approximate surface area is 83.5 Å². The van der Waals surface area contributed by atoms with Crippen molar-refractivity contribution in [1.29, 1.82) is 0 Å². The van der Waals surface area contributed by atoms with E-state index < -0.39 is 0 Å². The van der Waals surface area contributed by atoms with Crippen molar-refractivity contribution in [1.82, 2.24) is 4.90 Å². The van der Waals surface area contributed by atoms with Crippen LogP contribution in [0.4, 0.5) is 0 Å². The molecule has 67 valence electrons. The van der Waals surface area contributed by atoms with Crippen molar-refractivity contribution in [3.63, 3.8) is 0 Å². The average Bonchev–Trinajstić information content (AvgIpc) is 2.03. The monoisotopic (exact) mass is 188 g/mol. The van der Waals surface area contributed by atoms with E-state index in [1.54, 1.807) is 0 Å². The molecular formula is C11H14NSi. The Morgan fingerprint density at radius 2 is 2.15 bits per heavy atom. The van der Waals surface area contributed by atoms with Crippen LogP contribution in [-0.4, -0.2) is 29.2 Å². The molecule has 0 aliphatic heterocycles. The van der Waals surface area contributed by atoms with Crippen LogP contribution in [0.5, 0.6) is 0 Å². The van der Waals surface area contributed by atoms with E-state index >= 15 is 0 Å². The van der Waals surface area contributed by atoms with Gasteiger partial charge in [-0.15, -0.1) is 0 Å². The molecule has 0 N–H and O–H groups in total. The van der Waals surface area contributed by atoms with Gasteiger partial charge >= 0.3 is 0 Å². The molecule has 1 nitrogen and oxygen atoms in total. The predicted molar refractivity (Wildman–Crippen MR) is 59.3 cm³/mol. The van der Waals surface area contributed by atoms with Crippen LogP contribution in [0.25, 0.3) is 6.08 Å². The molecular weight excluding hydrogens is 174 g/mol. The quantitative estimate of drug-likeness (QED) is 0.644. The van der Waals surface area contributed by atoms with Gasteiger partial charge < -0.3 is 4.90 Å². The molecule has 0 bridgehead atoms. The van der Waals surface area contributed by atoms with Crippen molar-refractivity contribution in [3.8, 4) is 0 Å². The fourth-order valence-electron chi connectivity index (χ4n) is 1.24. The van der Waals surface area contributed by atoms with Gasteiger partial charge in [-0.1, -0.05) is 36.0 Å². The summed E-state index contributed by atoms with van der Waals surface area (Å²) in [6, 6.07) is 6.34. The Kier molecular flexibility index (Phi) is 3.45. The Morgan fingerprint density at radius 3 is 2.62 bits per heavy atom. The lowest BCUT2D eigenvalue weighted by Crippen LogP contribution is -2.14. The van der Waals surface area contributed by atoms with E-state index in [1.807, 2.05) is 6.08 Å². The Hall–Kier alpha value is -0.863. The highest BCUT2D eigenvalue weighted by molar-refractivity contribution is 6.34. The fourth-order valence-corrected chi connectivity index (χ4v) is 1.62. The molecule has 0 spiro atoms. The van der Waals surface area contributed by atoms with Gasteiger partial charge in [-0.25, -0.2) is 0 Å². The number of hydrogen-bond acceptors (Lipinski definition) is 1. The maximum Gasteiger partial charge on any atom is 0.0720 e. The molecule has 13 heavy (non-hydrogen) atoms. The normalized spacial score (nSPS) is 10.5. The van der Waals surface area contributed by atoms with Gasteiger partial charge in [-0.2, -0.15) is 0 Å². The fraction of sp³-hybridized carbons (Fsp3) is 0.273. The first-order valence-corrected chi connectivity index (χ1v) is 4.75. The summed E-state index contributed by atoms with van der Waals surface area (Å²) in [5.74, 6) is 0.